The second kappa shape index (κ2) is 6.74. The van der Waals surface area contributed by atoms with Gasteiger partial charge < -0.3 is 14.6 Å². The van der Waals surface area contributed by atoms with E-state index in [2.05, 4.69) is 15.2 Å². The number of aromatic nitrogens is 1. The third kappa shape index (κ3) is 3.66. The first kappa shape index (κ1) is 17.6. The molecule has 7 nitrogen and oxygen atoms in total. The van der Waals surface area contributed by atoms with Crippen molar-refractivity contribution in [1.29, 1.82) is 0 Å². The number of sulfone groups is 1. The summed E-state index contributed by atoms with van der Waals surface area (Å²) in [5.41, 5.74) is 1.42. The molecule has 9 heteroatoms. The van der Waals surface area contributed by atoms with Gasteiger partial charge in [0.15, 0.2) is 15.4 Å². The third-order valence-corrected chi connectivity index (χ3v) is 7.06. The van der Waals surface area contributed by atoms with Crippen LogP contribution in [0.15, 0.2) is 22.6 Å². The van der Waals surface area contributed by atoms with Crippen LogP contribution in [0.1, 0.15) is 19.3 Å². The summed E-state index contributed by atoms with van der Waals surface area (Å²) in [6.07, 6.45) is 1.97. The lowest BCUT2D eigenvalue weighted by Gasteiger charge is -2.31. The van der Waals surface area contributed by atoms with Crippen molar-refractivity contribution in [2.75, 3.05) is 29.5 Å². The van der Waals surface area contributed by atoms with Gasteiger partial charge in [0, 0.05) is 24.2 Å². The van der Waals surface area contributed by atoms with Crippen LogP contribution in [0.3, 0.4) is 0 Å². The maximum Gasteiger partial charge on any atom is 0.298 e. The van der Waals surface area contributed by atoms with Crippen LogP contribution in [0.2, 0.25) is 5.02 Å². The first-order valence-electron chi connectivity index (χ1n) is 8.71. The highest BCUT2D eigenvalue weighted by Crippen LogP contribution is 2.27. The topological polar surface area (TPSA) is 92.5 Å². The smallest absolute Gasteiger partial charge is 0.298 e. The molecular formula is C17H20ClN3O4S. The van der Waals surface area contributed by atoms with Crippen LogP contribution in [0.5, 0.6) is 0 Å². The molecule has 1 unspecified atom stereocenters. The maximum atomic E-state index is 12.3. The molecule has 1 atom stereocenters. The number of rotatable bonds is 3. The summed E-state index contributed by atoms with van der Waals surface area (Å²) in [5.74, 6) is -0.449. The Balaban J connectivity index is 1.34. The molecule has 2 aromatic rings. The predicted molar refractivity (Wildman–Crippen MR) is 99.2 cm³/mol. The zero-order valence-corrected chi connectivity index (χ0v) is 15.7. The van der Waals surface area contributed by atoms with Crippen molar-refractivity contribution in [3.63, 3.8) is 0 Å². The summed E-state index contributed by atoms with van der Waals surface area (Å²) < 4.78 is 28.8. The summed E-state index contributed by atoms with van der Waals surface area (Å²) >= 11 is 5.98. The van der Waals surface area contributed by atoms with Crippen molar-refractivity contribution in [2.24, 2.45) is 5.92 Å². The van der Waals surface area contributed by atoms with E-state index in [4.69, 9.17) is 16.0 Å². The first-order valence-corrected chi connectivity index (χ1v) is 10.9. The summed E-state index contributed by atoms with van der Waals surface area (Å²) in [6.45, 7) is 1.43. The van der Waals surface area contributed by atoms with E-state index in [-0.39, 0.29) is 23.5 Å². The summed E-state index contributed by atoms with van der Waals surface area (Å²) in [4.78, 5) is 18.8. The highest BCUT2D eigenvalue weighted by atomic mass is 35.5. The summed E-state index contributed by atoms with van der Waals surface area (Å²) in [5, 5.41) is 3.62. The lowest BCUT2D eigenvalue weighted by molar-refractivity contribution is -0.125. The molecule has 0 aliphatic carbocycles. The average Bonchev–Trinajstić information content (AvgIpc) is 3.18. The lowest BCUT2D eigenvalue weighted by Crippen LogP contribution is -2.46. The van der Waals surface area contributed by atoms with E-state index in [0.717, 1.165) is 18.4 Å². The highest BCUT2D eigenvalue weighted by molar-refractivity contribution is 7.91. The summed E-state index contributed by atoms with van der Waals surface area (Å²) in [6, 6.07) is 5.96. The number of carbonyl (C=O) groups is 1. The molecule has 1 aromatic heterocycles. The van der Waals surface area contributed by atoms with Gasteiger partial charge in [0.2, 0.25) is 5.91 Å². The Morgan fingerprint density at radius 2 is 2.04 bits per heavy atom. The third-order valence-electron chi connectivity index (χ3n) is 5.05. The van der Waals surface area contributed by atoms with Gasteiger partial charge in [0.1, 0.15) is 5.52 Å². The van der Waals surface area contributed by atoms with E-state index in [9.17, 15) is 13.2 Å². The Bertz CT molecular complexity index is 935. The first-order chi connectivity index (χ1) is 12.4. The fraction of sp³-hybridized carbons (Fsp3) is 0.529. The van der Waals surface area contributed by atoms with Crippen molar-refractivity contribution in [3.8, 4) is 0 Å². The number of fused-ring (bicyclic) bond motifs is 1. The molecule has 2 fully saturated rings. The van der Waals surface area contributed by atoms with Crippen molar-refractivity contribution >= 4 is 44.5 Å². The number of piperidine rings is 1. The molecule has 0 radical (unpaired) electrons. The van der Waals surface area contributed by atoms with Crippen LogP contribution < -0.4 is 10.2 Å². The van der Waals surface area contributed by atoms with Crippen LogP contribution in [-0.4, -0.2) is 49.9 Å². The number of halogens is 1. The van der Waals surface area contributed by atoms with E-state index in [0.29, 0.717) is 36.1 Å². The number of hydrogen-bond acceptors (Lipinski definition) is 6. The fourth-order valence-corrected chi connectivity index (χ4v) is 5.47. The molecule has 3 heterocycles. The average molecular weight is 398 g/mol. The van der Waals surface area contributed by atoms with Gasteiger partial charge >= 0.3 is 0 Å². The minimum Gasteiger partial charge on any atom is -0.423 e. The molecule has 2 aliphatic heterocycles. The largest absolute Gasteiger partial charge is 0.423 e. The zero-order valence-electron chi connectivity index (χ0n) is 14.2. The van der Waals surface area contributed by atoms with Crippen LogP contribution in [0.25, 0.3) is 11.1 Å². The molecule has 2 aliphatic rings. The van der Waals surface area contributed by atoms with Crippen LogP contribution >= 0.6 is 11.6 Å². The Kier molecular flexibility index (Phi) is 4.56. The molecule has 26 heavy (non-hydrogen) atoms. The molecule has 0 bridgehead atoms. The zero-order chi connectivity index (χ0) is 18.3. The van der Waals surface area contributed by atoms with E-state index in [1.807, 2.05) is 0 Å². The molecule has 2 saturated heterocycles. The number of anilines is 1. The standard InChI is InChI=1S/C17H20ClN3O4S/c18-12-1-2-15-14(9-12)20-17(25-15)21-6-3-13(4-7-21)19-16(22)11-5-8-26(23,24)10-11/h1-2,9,11,13H,3-8,10H2,(H,19,22). The van der Waals surface area contributed by atoms with Gasteiger partial charge in [-0.15, -0.1) is 0 Å². The molecular weight excluding hydrogens is 378 g/mol. The van der Waals surface area contributed by atoms with Gasteiger partial charge in [0.05, 0.1) is 17.4 Å². The van der Waals surface area contributed by atoms with Crippen LogP contribution in [0, 0.1) is 5.92 Å². The van der Waals surface area contributed by atoms with E-state index < -0.39 is 15.8 Å². The number of amides is 1. The molecule has 4 rings (SSSR count). The van der Waals surface area contributed by atoms with Crippen molar-refractivity contribution < 1.29 is 17.6 Å². The molecule has 0 spiro atoms. The maximum absolute atomic E-state index is 12.3. The highest BCUT2D eigenvalue weighted by Gasteiger charge is 2.34. The van der Waals surface area contributed by atoms with Crippen LogP contribution in [-0.2, 0) is 14.6 Å². The van der Waals surface area contributed by atoms with E-state index in [1.165, 1.54) is 0 Å². The minimum atomic E-state index is -3.04. The molecule has 1 aromatic carbocycles. The van der Waals surface area contributed by atoms with Gasteiger partial charge in [-0.25, -0.2) is 8.42 Å². The lowest BCUT2D eigenvalue weighted by atomic mass is 10.0. The minimum absolute atomic E-state index is 0.0247. The Morgan fingerprint density at radius 3 is 2.73 bits per heavy atom. The van der Waals surface area contributed by atoms with Gasteiger partial charge in [-0.2, -0.15) is 4.98 Å². The van der Waals surface area contributed by atoms with E-state index >= 15 is 0 Å². The number of nitrogens with one attached hydrogen (secondary N) is 1. The Morgan fingerprint density at radius 1 is 1.27 bits per heavy atom. The quantitative estimate of drug-likeness (QED) is 0.851. The van der Waals surface area contributed by atoms with Crippen molar-refractivity contribution in [3.05, 3.63) is 23.2 Å². The fourth-order valence-electron chi connectivity index (χ4n) is 3.56. The second-order valence-electron chi connectivity index (χ2n) is 6.98. The monoisotopic (exact) mass is 397 g/mol. The van der Waals surface area contributed by atoms with Gasteiger partial charge in [-0.05, 0) is 37.5 Å². The van der Waals surface area contributed by atoms with Crippen LogP contribution in [0.4, 0.5) is 6.01 Å². The van der Waals surface area contributed by atoms with Gasteiger partial charge in [0.25, 0.3) is 6.01 Å². The second-order valence-corrected chi connectivity index (χ2v) is 9.64. The summed E-state index contributed by atoms with van der Waals surface area (Å²) in [7, 11) is -3.04. The number of hydrogen-bond donors (Lipinski definition) is 1. The van der Waals surface area contributed by atoms with Gasteiger partial charge in [-0.3, -0.25) is 4.79 Å². The predicted octanol–water partition coefficient (Wildman–Crippen LogP) is 2.00. The number of benzene rings is 1. The molecule has 1 amide bonds. The Hall–Kier alpha value is -1.80. The number of carbonyl (C=O) groups excluding carboxylic acids is 1. The molecule has 1 N–H and O–H groups in total. The normalized spacial score (nSPS) is 23.4. The van der Waals surface area contributed by atoms with E-state index in [1.54, 1.807) is 18.2 Å². The van der Waals surface area contributed by atoms with Crippen molar-refractivity contribution in [2.45, 2.75) is 25.3 Å². The molecule has 0 saturated carbocycles. The number of nitrogens with zero attached hydrogens (tertiary/aromatic N) is 2. The Labute approximate surface area is 156 Å². The SMILES string of the molecule is O=C(NC1CCN(c2nc3cc(Cl)ccc3o2)CC1)C1CCS(=O)(=O)C1. The van der Waals surface area contributed by atoms with Crippen molar-refractivity contribution in [1.82, 2.24) is 10.3 Å². The van der Waals surface area contributed by atoms with Gasteiger partial charge in [-0.1, -0.05) is 11.6 Å². The molecule has 140 valence electrons. The number of oxazole rings is 1.